The summed E-state index contributed by atoms with van der Waals surface area (Å²) in [5.41, 5.74) is 13.2. The lowest BCUT2D eigenvalue weighted by atomic mass is 9.80. The first-order valence-corrected chi connectivity index (χ1v) is 18.0. The molecule has 0 saturated carbocycles. The van der Waals surface area contributed by atoms with Crippen molar-refractivity contribution in [2.24, 2.45) is 0 Å². The molecule has 3 aromatic heterocycles. The molecule has 0 amide bonds. The first-order chi connectivity index (χ1) is 26.0. The molecule has 0 spiro atoms. The summed E-state index contributed by atoms with van der Waals surface area (Å²) in [6, 6.07) is 55.1. The molecular weight excluding hydrogens is 649 g/mol. The summed E-state index contributed by atoms with van der Waals surface area (Å²) in [5, 5.41) is 4.90. The maximum absolute atomic E-state index is 6.36. The van der Waals surface area contributed by atoms with Crippen molar-refractivity contribution in [3.8, 4) is 51.0 Å². The van der Waals surface area contributed by atoms with Crippen LogP contribution >= 0.6 is 0 Å². The third-order valence-corrected chi connectivity index (χ3v) is 11.0. The standard InChI is InChI=1S/C48H32N4O/c1-48(2)36-26-28-40-43(34-18-10-12-20-39(34)53-40)41(36)35-25-27-38-42(44(35)48)33-17-9-11-19-37(33)52(38)32-23-21-31(22-24-32)47-50-45(29-13-5-3-6-14-29)49-46(51-47)30-15-7-4-8-16-30/h3-28H,1-2H3. The van der Waals surface area contributed by atoms with Gasteiger partial charge in [-0.1, -0.05) is 123 Å². The quantitative estimate of drug-likeness (QED) is 0.186. The van der Waals surface area contributed by atoms with Crippen LogP contribution in [0.15, 0.2) is 162 Å². The van der Waals surface area contributed by atoms with Crippen molar-refractivity contribution in [2.45, 2.75) is 19.3 Å². The SMILES string of the molecule is CC1(C)c2ccc3oc4ccccc4c3c2-c2ccc3c(c21)c1ccccc1n3-c1ccc(-c2nc(-c3ccccc3)nc(-c3ccccc3)n2)cc1. The Morgan fingerprint density at radius 3 is 1.74 bits per heavy atom. The van der Waals surface area contributed by atoms with Gasteiger partial charge in [0.15, 0.2) is 17.5 Å². The lowest BCUT2D eigenvalue weighted by Gasteiger charge is -2.22. The Morgan fingerprint density at radius 1 is 0.472 bits per heavy atom. The molecule has 0 atom stereocenters. The fraction of sp³-hybridized carbons (Fsp3) is 0.0625. The molecule has 0 unspecified atom stereocenters. The molecule has 0 N–H and O–H groups in total. The second kappa shape index (κ2) is 11.1. The van der Waals surface area contributed by atoms with Crippen molar-refractivity contribution < 1.29 is 4.42 Å². The van der Waals surface area contributed by atoms with E-state index in [1.54, 1.807) is 0 Å². The summed E-state index contributed by atoms with van der Waals surface area (Å²) in [5.74, 6) is 1.94. The third kappa shape index (κ3) is 4.34. The van der Waals surface area contributed by atoms with Crippen LogP contribution in [0.25, 0.3) is 94.7 Å². The molecule has 250 valence electrons. The molecule has 5 nitrogen and oxygen atoms in total. The number of hydrogen-bond donors (Lipinski definition) is 0. The summed E-state index contributed by atoms with van der Waals surface area (Å²) in [4.78, 5) is 14.8. The van der Waals surface area contributed by atoms with Gasteiger partial charge in [0.1, 0.15) is 11.2 Å². The van der Waals surface area contributed by atoms with Gasteiger partial charge in [0, 0.05) is 49.3 Å². The van der Waals surface area contributed by atoms with Crippen LogP contribution in [-0.4, -0.2) is 19.5 Å². The Morgan fingerprint density at radius 2 is 1.06 bits per heavy atom. The molecule has 1 aliphatic carbocycles. The number of rotatable bonds is 4. The second-order valence-corrected chi connectivity index (χ2v) is 14.4. The third-order valence-electron chi connectivity index (χ3n) is 11.0. The summed E-state index contributed by atoms with van der Waals surface area (Å²) in [7, 11) is 0. The normalized spacial score (nSPS) is 13.2. The zero-order chi connectivity index (χ0) is 35.3. The highest BCUT2D eigenvalue weighted by Crippen LogP contribution is 2.56. The minimum atomic E-state index is -0.221. The van der Waals surface area contributed by atoms with Crippen LogP contribution in [0, 0.1) is 0 Å². The molecule has 0 bridgehead atoms. The van der Waals surface area contributed by atoms with Crippen LogP contribution in [-0.2, 0) is 5.41 Å². The molecule has 0 fully saturated rings. The van der Waals surface area contributed by atoms with Crippen LogP contribution in [0.3, 0.4) is 0 Å². The highest BCUT2D eigenvalue weighted by molar-refractivity contribution is 6.19. The maximum Gasteiger partial charge on any atom is 0.164 e. The number of nitrogens with zero attached hydrogens (tertiary/aromatic N) is 4. The Labute approximate surface area is 305 Å². The first kappa shape index (κ1) is 29.8. The number of hydrogen-bond acceptors (Lipinski definition) is 4. The Balaban J connectivity index is 1.09. The van der Waals surface area contributed by atoms with E-state index in [2.05, 4.69) is 109 Å². The smallest absolute Gasteiger partial charge is 0.164 e. The Hall–Kier alpha value is -6.85. The zero-order valence-corrected chi connectivity index (χ0v) is 29.2. The van der Waals surface area contributed by atoms with Crippen LogP contribution < -0.4 is 0 Å². The molecule has 5 heteroatoms. The van der Waals surface area contributed by atoms with E-state index in [9.17, 15) is 0 Å². The monoisotopic (exact) mass is 680 g/mol. The van der Waals surface area contributed by atoms with E-state index in [0.717, 1.165) is 38.9 Å². The summed E-state index contributed by atoms with van der Waals surface area (Å²) >= 11 is 0. The summed E-state index contributed by atoms with van der Waals surface area (Å²) in [6.45, 7) is 4.74. The van der Waals surface area contributed by atoms with Gasteiger partial charge in [-0.2, -0.15) is 0 Å². The van der Waals surface area contributed by atoms with Gasteiger partial charge in [0.05, 0.1) is 11.0 Å². The van der Waals surface area contributed by atoms with Gasteiger partial charge >= 0.3 is 0 Å². The lowest BCUT2D eigenvalue weighted by Crippen LogP contribution is -2.15. The average molecular weight is 681 g/mol. The fourth-order valence-electron chi connectivity index (χ4n) is 8.65. The molecule has 10 aromatic rings. The summed E-state index contributed by atoms with van der Waals surface area (Å²) < 4.78 is 8.76. The van der Waals surface area contributed by atoms with Crippen molar-refractivity contribution in [2.75, 3.05) is 0 Å². The maximum atomic E-state index is 6.36. The fourth-order valence-corrected chi connectivity index (χ4v) is 8.65. The molecule has 1 aliphatic rings. The minimum absolute atomic E-state index is 0.221. The van der Waals surface area contributed by atoms with E-state index in [-0.39, 0.29) is 5.41 Å². The molecular formula is C48H32N4O. The molecule has 11 rings (SSSR count). The van der Waals surface area contributed by atoms with E-state index in [1.165, 1.54) is 49.4 Å². The van der Waals surface area contributed by atoms with E-state index in [1.807, 2.05) is 66.7 Å². The average Bonchev–Trinajstić information content (AvgIpc) is 3.84. The van der Waals surface area contributed by atoms with Crippen molar-refractivity contribution in [3.05, 3.63) is 169 Å². The van der Waals surface area contributed by atoms with Gasteiger partial charge in [0.25, 0.3) is 0 Å². The van der Waals surface area contributed by atoms with Crippen molar-refractivity contribution in [1.82, 2.24) is 19.5 Å². The van der Waals surface area contributed by atoms with Crippen molar-refractivity contribution >= 4 is 43.7 Å². The predicted octanol–water partition coefficient (Wildman–Crippen LogP) is 12.2. The highest BCUT2D eigenvalue weighted by Gasteiger charge is 2.40. The molecule has 0 aliphatic heterocycles. The van der Waals surface area contributed by atoms with Gasteiger partial charge < -0.3 is 8.98 Å². The van der Waals surface area contributed by atoms with Crippen molar-refractivity contribution in [1.29, 1.82) is 0 Å². The zero-order valence-electron chi connectivity index (χ0n) is 29.2. The van der Waals surface area contributed by atoms with Gasteiger partial charge in [-0.25, -0.2) is 15.0 Å². The second-order valence-electron chi connectivity index (χ2n) is 14.4. The van der Waals surface area contributed by atoms with Crippen LogP contribution in [0.2, 0.25) is 0 Å². The number of fused-ring (bicyclic) bond motifs is 11. The Kier molecular flexibility index (Phi) is 6.23. The largest absolute Gasteiger partial charge is 0.456 e. The van der Waals surface area contributed by atoms with Crippen LogP contribution in [0.1, 0.15) is 25.0 Å². The van der Waals surface area contributed by atoms with Gasteiger partial charge in [-0.05, 0) is 70.8 Å². The molecule has 7 aromatic carbocycles. The lowest BCUT2D eigenvalue weighted by molar-refractivity contribution is 0.660. The topological polar surface area (TPSA) is 56.7 Å². The number of aromatic nitrogens is 4. The van der Waals surface area contributed by atoms with Crippen LogP contribution in [0.5, 0.6) is 0 Å². The number of para-hydroxylation sites is 2. The van der Waals surface area contributed by atoms with E-state index in [4.69, 9.17) is 19.4 Å². The van der Waals surface area contributed by atoms with Crippen LogP contribution in [0.4, 0.5) is 0 Å². The molecule has 0 saturated heterocycles. The number of benzene rings is 7. The van der Waals surface area contributed by atoms with Crippen molar-refractivity contribution in [3.63, 3.8) is 0 Å². The van der Waals surface area contributed by atoms with E-state index < -0.39 is 0 Å². The molecule has 0 radical (unpaired) electrons. The predicted molar refractivity (Wildman–Crippen MR) is 215 cm³/mol. The minimum Gasteiger partial charge on any atom is -0.456 e. The van der Waals surface area contributed by atoms with Gasteiger partial charge in [-0.15, -0.1) is 0 Å². The number of furan rings is 1. The van der Waals surface area contributed by atoms with E-state index >= 15 is 0 Å². The Bertz CT molecular complexity index is 3010. The molecule has 3 heterocycles. The summed E-state index contributed by atoms with van der Waals surface area (Å²) in [6.07, 6.45) is 0. The molecule has 53 heavy (non-hydrogen) atoms. The van der Waals surface area contributed by atoms with E-state index in [0.29, 0.717) is 17.5 Å². The first-order valence-electron chi connectivity index (χ1n) is 18.0. The van der Waals surface area contributed by atoms with Gasteiger partial charge in [0.2, 0.25) is 0 Å². The highest BCUT2D eigenvalue weighted by atomic mass is 16.3. The van der Waals surface area contributed by atoms with Gasteiger partial charge in [-0.3, -0.25) is 0 Å².